The van der Waals surface area contributed by atoms with E-state index in [0.717, 1.165) is 0 Å². The minimum atomic E-state index is 1.62. The molecular formula is C25H42N2OS. The van der Waals surface area contributed by atoms with E-state index >= 15 is 0 Å². The van der Waals surface area contributed by atoms with Gasteiger partial charge in [0, 0.05) is 24.8 Å². The highest BCUT2D eigenvalue weighted by Crippen LogP contribution is 1.91. The molecule has 0 saturated carbocycles. The van der Waals surface area contributed by atoms with Crippen LogP contribution in [0.2, 0.25) is 0 Å². The average Bonchev–Trinajstić information content (AvgIpc) is 3.67. The van der Waals surface area contributed by atoms with Crippen molar-refractivity contribution >= 4 is 11.3 Å². The lowest BCUT2D eigenvalue weighted by Gasteiger charge is -1.70. The van der Waals surface area contributed by atoms with Crippen LogP contribution in [0.1, 0.15) is 55.4 Å². The molecule has 4 heterocycles. The van der Waals surface area contributed by atoms with Gasteiger partial charge in [0.15, 0.2) is 0 Å². The molecule has 0 atom stereocenters. The van der Waals surface area contributed by atoms with Crippen molar-refractivity contribution < 1.29 is 4.42 Å². The highest BCUT2D eigenvalue weighted by atomic mass is 32.1. The quantitative estimate of drug-likeness (QED) is 0.309. The molecule has 0 aliphatic rings. The predicted molar refractivity (Wildman–Crippen MR) is 133 cm³/mol. The number of aromatic nitrogens is 2. The van der Waals surface area contributed by atoms with E-state index in [2.05, 4.69) is 14.4 Å². The highest BCUT2D eigenvalue weighted by Gasteiger charge is 1.59. The lowest BCUT2D eigenvalue weighted by Crippen LogP contribution is -1.58. The van der Waals surface area contributed by atoms with Gasteiger partial charge in [-0.1, -0.05) is 73.6 Å². The molecule has 0 aliphatic heterocycles. The zero-order chi connectivity index (χ0) is 22.8. The number of rotatable bonds is 0. The van der Waals surface area contributed by atoms with Gasteiger partial charge in [-0.15, -0.1) is 0 Å². The Kier molecular flexibility index (Phi) is 52.3. The van der Waals surface area contributed by atoms with Crippen LogP contribution in [-0.4, -0.2) is 9.97 Å². The summed E-state index contributed by atoms with van der Waals surface area (Å²) in [4.78, 5) is 6.65. The van der Waals surface area contributed by atoms with Gasteiger partial charge in [0.1, 0.15) is 0 Å². The first-order chi connectivity index (χ1) is 14.5. The number of pyridine rings is 1. The summed E-state index contributed by atoms with van der Waals surface area (Å²) in [5, 5.41) is 4.08. The van der Waals surface area contributed by atoms with E-state index in [9.17, 15) is 0 Å². The standard InChI is InChI=1S/C5H5N.C4H5N.C4H4O.C4H4S.4C2H6/c1-2-4-6-5-3-1;3*1-2-4-5-3-1;4*1-2/h1-5H;1-5H;2*1-4H;4*1-2H3. The molecule has 1 N–H and O–H groups in total. The van der Waals surface area contributed by atoms with Gasteiger partial charge in [-0.25, -0.2) is 0 Å². The van der Waals surface area contributed by atoms with Gasteiger partial charge >= 0.3 is 0 Å². The summed E-state index contributed by atoms with van der Waals surface area (Å²) in [6.45, 7) is 16.0. The van der Waals surface area contributed by atoms with Gasteiger partial charge in [-0.05, 0) is 47.2 Å². The normalized spacial score (nSPS) is 6.62. The van der Waals surface area contributed by atoms with Crippen molar-refractivity contribution in [1.82, 2.24) is 9.97 Å². The molecule has 4 aromatic rings. The van der Waals surface area contributed by atoms with Gasteiger partial charge in [0.2, 0.25) is 0 Å². The Balaban J connectivity index is -0.000000129. The van der Waals surface area contributed by atoms with Gasteiger partial charge in [-0.2, -0.15) is 11.3 Å². The summed E-state index contributed by atoms with van der Waals surface area (Å²) < 4.78 is 4.58. The van der Waals surface area contributed by atoms with Crippen molar-refractivity contribution in [2.24, 2.45) is 0 Å². The smallest absolute Gasteiger partial charge is 0.0902 e. The number of thiophene rings is 1. The largest absolute Gasteiger partial charge is 0.473 e. The Morgan fingerprint density at radius 2 is 1.00 bits per heavy atom. The third kappa shape index (κ3) is 41.1. The lowest BCUT2D eigenvalue weighted by molar-refractivity contribution is 0.567. The second kappa shape index (κ2) is 44.7. The number of hydrogen-bond acceptors (Lipinski definition) is 3. The SMILES string of the molecule is CC.CC.CC.CC.c1cc[nH]c1.c1ccncc1.c1ccoc1.c1ccsc1. The zero-order valence-electron chi connectivity index (χ0n) is 19.6. The summed E-state index contributed by atoms with van der Waals surface area (Å²) in [6.07, 6.45) is 10.5. The summed E-state index contributed by atoms with van der Waals surface area (Å²) in [7, 11) is 0. The van der Waals surface area contributed by atoms with Gasteiger partial charge < -0.3 is 9.40 Å². The Morgan fingerprint density at radius 1 is 0.552 bits per heavy atom. The summed E-state index contributed by atoms with van der Waals surface area (Å²) in [5.41, 5.74) is 0. The van der Waals surface area contributed by atoms with Crippen molar-refractivity contribution in [3.63, 3.8) is 0 Å². The van der Waals surface area contributed by atoms with Crippen molar-refractivity contribution in [1.29, 1.82) is 0 Å². The Bertz CT molecular complexity index is 422. The molecule has 0 bridgehead atoms. The fourth-order valence-corrected chi connectivity index (χ4v) is 1.50. The Morgan fingerprint density at radius 3 is 1.14 bits per heavy atom. The van der Waals surface area contributed by atoms with E-state index in [1.54, 1.807) is 36.3 Å². The van der Waals surface area contributed by atoms with Crippen LogP contribution in [-0.2, 0) is 0 Å². The first-order valence-electron chi connectivity index (χ1n) is 10.4. The van der Waals surface area contributed by atoms with Crippen LogP contribution in [0.3, 0.4) is 0 Å². The van der Waals surface area contributed by atoms with Crippen molar-refractivity contribution in [2.75, 3.05) is 0 Å². The molecule has 0 saturated heterocycles. The molecule has 0 radical (unpaired) electrons. The van der Waals surface area contributed by atoms with E-state index in [4.69, 9.17) is 0 Å². The molecule has 29 heavy (non-hydrogen) atoms. The number of nitrogens with one attached hydrogen (secondary N) is 1. The first kappa shape index (κ1) is 34.0. The maximum absolute atomic E-state index is 4.58. The lowest BCUT2D eigenvalue weighted by atomic mass is 10.5. The van der Waals surface area contributed by atoms with Crippen LogP contribution in [0.5, 0.6) is 0 Å². The molecule has 0 fully saturated rings. The number of H-pyrrole nitrogens is 1. The molecule has 0 spiro atoms. The second-order valence-corrected chi connectivity index (χ2v) is 4.31. The second-order valence-electron chi connectivity index (χ2n) is 3.50. The van der Waals surface area contributed by atoms with E-state index in [0.29, 0.717) is 0 Å². The monoisotopic (exact) mass is 418 g/mol. The fraction of sp³-hybridized carbons (Fsp3) is 0.320. The van der Waals surface area contributed by atoms with Gasteiger partial charge in [0.25, 0.3) is 0 Å². The summed E-state index contributed by atoms with van der Waals surface area (Å²) in [5.74, 6) is 0. The number of hydrogen-bond donors (Lipinski definition) is 1. The topological polar surface area (TPSA) is 41.8 Å². The molecule has 0 aliphatic carbocycles. The van der Waals surface area contributed by atoms with Crippen LogP contribution < -0.4 is 0 Å². The fourth-order valence-electron chi connectivity index (χ4n) is 1.04. The van der Waals surface area contributed by atoms with Crippen molar-refractivity contribution in [3.8, 4) is 0 Å². The first-order valence-corrected chi connectivity index (χ1v) is 11.3. The third-order valence-corrected chi connectivity index (χ3v) is 2.54. The maximum atomic E-state index is 4.58. The minimum Gasteiger partial charge on any atom is -0.473 e. The van der Waals surface area contributed by atoms with Crippen molar-refractivity contribution in [3.05, 3.63) is 103 Å². The molecule has 4 rings (SSSR count). The predicted octanol–water partition coefficient (Wildman–Crippen LogP) is 9.23. The van der Waals surface area contributed by atoms with Crippen LogP contribution in [0.25, 0.3) is 0 Å². The zero-order valence-corrected chi connectivity index (χ0v) is 20.4. The highest BCUT2D eigenvalue weighted by molar-refractivity contribution is 7.07. The molecule has 0 aromatic carbocycles. The Labute approximate surface area is 183 Å². The van der Waals surface area contributed by atoms with E-state index in [1.807, 2.05) is 133 Å². The van der Waals surface area contributed by atoms with E-state index in [-0.39, 0.29) is 0 Å². The van der Waals surface area contributed by atoms with Crippen LogP contribution in [0.4, 0.5) is 0 Å². The molecular weight excluding hydrogens is 376 g/mol. The van der Waals surface area contributed by atoms with E-state index < -0.39 is 0 Å². The molecule has 0 amide bonds. The molecule has 3 nitrogen and oxygen atoms in total. The van der Waals surface area contributed by atoms with E-state index in [1.165, 1.54) is 0 Å². The molecule has 4 aromatic heterocycles. The minimum absolute atomic E-state index is 1.62. The number of aromatic amines is 1. The summed E-state index contributed by atoms with van der Waals surface area (Å²) in [6, 6.07) is 17.3. The number of nitrogens with zero attached hydrogens (tertiary/aromatic N) is 1. The van der Waals surface area contributed by atoms with Crippen LogP contribution in [0.15, 0.2) is 107 Å². The van der Waals surface area contributed by atoms with Gasteiger partial charge in [0.05, 0.1) is 12.5 Å². The third-order valence-electron chi connectivity index (χ3n) is 1.91. The molecule has 4 heteroatoms. The number of furan rings is 1. The average molecular weight is 419 g/mol. The maximum Gasteiger partial charge on any atom is 0.0902 e. The van der Waals surface area contributed by atoms with Crippen LogP contribution >= 0.6 is 11.3 Å². The Hall–Kier alpha value is -2.59. The molecule has 0 unspecified atom stereocenters. The van der Waals surface area contributed by atoms with Crippen LogP contribution in [0, 0.1) is 0 Å². The molecule has 164 valence electrons. The van der Waals surface area contributed by atoms with Crippen molar-refractivity contribution in [2.45, 2.75) is 55.4 Å². The van der Waals surface area contributed by atoms with Gasteiger partial charge in [-0.3, -0.25) is 4.98 Å². The summed E-state index contributed by atoms with van der Waals surface area (Å²) >= 11 is 1.71.